The molecule has 0 radical (unpaired) electrons. The molecule has 0 bridgehead atoms. The van der Waals surface area contributed by atoms with Crippen molar-refractivity contribution in [1.82, 2.24) is 0 Å². The summed E-state index contributed by atoms with van der Waals surface area (Å²) in [5.41, 5.74) is 2.05. The number of nitrogens with zero attached hydrogens (tertiary/aromatic N) is 1. The Kier molecular flexibility index (Phi) is 6.08. The van der Waals surface area contributed by atoms with Gasteiger partial charge in [-0.25, -0.2) is 0 Å². The number of carbonyl (C=O) groups excluding carboxylic acids is 1. The number of anilines is 1. The van der Waals surface area contributed by atoms with Gasteiger partial charge in [0.15, 0.2) is 6.61 Å². The van der Waals surface area contributed by atoms with Crippen molar-refractivity contribution in [1.29, 1.82) is 0 Å². The van der Waals surface area contributed by atoms with E-state index in [9.17, 15) is 4.79 Å². The molecular weight excluding hydrogens is 342 g/mol. The molecule has 0 aliphatic rings. The smallest absolute Gasteiger partial charge is 0.265 e. The fourth-order valence-corrected chi connectivity index (χ4v) is 3.59. The number of hydrogen-bond donors (Lipinski definition) is 0. The van der Waals surface area contributed by atoms with Crippen LogP contribution in [0.1, 0.15) is 22.2 Å². The lowest BCUT2D eigenvalue weighted by atomic mass is 10.2. The monoisotopic (exact) mass is 365 g/mol. The Balaban J connectivity index is 1.73. The predicted octanol–water partition coefficient (Wildman–Crippen LogP) is 5.23. The van der Waals surface area contributed by atoms with E-state index in [0.29, 0.717) is 12.3 Å². The van der Waals surface area contributed by atoms with E-state index in [4.69, 9.17) is 4.74 Å². The van der Waals surface area contributed by atoms with E-state index in [1.165, 1.54) is 15.3 Å². The normalized spacial score (nSPS) is 10.5. The number of amides is 1. The third-order valence-corrected chi connectivity index (χ3v) is 5.35. The summed E-state index contributed by atoms with van der Waals surface area (Å²) in [7, 11) is 0. The summed E-state index contributed by atoms with van der Waals surface area (Å²) in [5.74, 6) is 0.657. The Morgan fingerprint density at radius 3 is 2.31 bits per heavy atom. The van der Waals surface area contributed by atoms with Crippen molar-refractivity contribution in [3.63, 3.8) is 0 Å². The Hall–Kier alpha value is -2.59. The average molecular weight is 365 g/mol. The SMILES string of the molecule is CCc1ccc(CN(C(=O)COc2ccc(C)cc2)c2ccccc2)s1. The molecule has 2 aromatic carbocycles. The molecule has 0 unspecified atom stereocenters. The quantitative estimate of drug-likeness (QED) is 0.574. The summed E-state index contributed by atoms with van der Waals surface area (Å²) < 4.78 is 5.70. The topological polar surface area (TPSA) is 29.5 Å². The number of benzene rings is 2. The van der Waals surface area contributed by atoms with Gasteiger partial charge in [-0.2, -0.15) is 0 Å². The summed E-state index contributed by atoms with van der Waals surface area (Å²) >= 11 is 1.75. The molecule has 0 aliphatic heterocycles. The zero-order chi connectivity index (χ0) is 18.4. The summed E-state index contributed by atoms with van der Waals surface area (Å²) in [5, 5.41) is 0. The standard InChI is InChI=1S/C22H23NO2S/c1-3-20-13-14-21(26-20)15-23(18-7-5-4-6-8-18)22(24)16-25-19-11-9-17(2)10-12-19/h4-14H,3,15-16H2,1-2H3. The molecule has 26 heavy (non-hydrogen) atoms. The number of ether oxygens (including phenoxy) is 1. The van der Waals surface area contributed by atoms with Gasteiger partial charge in [0.1, 0.15) is 5.75 Å². The first kappa shape index (κ1) is 18.2. The number of aryl methyl sites for hydroxylation is 2. The second-order valence-corrected chi connectivity index (χ2v) is 7.39. The van der Waals surface area contributed by atoms with Gasteiger partial charge < -0.3 is 9.64 Å². The van der Waals surface area contributed by atoms with E-state index in [1.54, 1.807) is 16.2 Å². The molecule has 3 rings (SSSR count). The maximum Gasteiger partial charge on any atom is 0.265 e. The molecule has 0 aliphatic carbocycles. The summed E-state index contributed by atoms with van der Waals surface area (Å²) in [6.45, 7) is 4.75. The van der Waals surface area contributed by atoms with Crippen molar-refractivity contribution >= 4 is 22.9 Å². The fourth-order valence-electron chi connectivity index (χ4n) is 2.64. The van der Waals surface area contributed by atoms with E-state index < -0.39 is 0 Å². The van der Waals surface area contributed by atoms with Crippen LogP contribution in [-0.2, 0) is 17.8 Å². The molecule has 0 saturated carbocycles. The first-order valence-electron chi connectivity index (χ1n) is 8.78. The number of rotatable bonds is 7. The van der Waals surface area contributed by atoms with Crippen LogP contribution in [0.4, 0.5) is 5.69 Å². The first-order valence-corrected chi connectivity index (χ1v) is 9.60. The van der Waals surface area contributed by atoms with Gasteiger partial charge in [-0.15, -0.1) is 11.3 Å². The van der Waals surface area contributed by atoms with Crippen molar-refractivity contribution < 1.29 is 9.53 Å². The van der Waals surface area contributed by atoms with Crippen LogP contribution in [0.25, 0.3) is 0 Å². The van der Waals surface area contributed by atoms with Crippen LogP contribution in [-0.4, -0.2) is 12.5 Å². The molecule has 1 amide bonds. The number of para-hydroxylation sites is 1. The van der Waals surface area contributed by atoms with Crippen LogP contribution in [0.5, 0.6) is 5.75 Å². The molecule has 1 heterocycles. The van der Waals surface area contributed by atoms with Crippen molar-refractivity contribution in [2.45, 2.75) is 26.8 Å². The molecule has 3 aromatic rings. The second kappa shape index (κ2) is 8.68. The van der Waals surface area contributed by atoms with E-state index in [-0.39, 0.29) is 12.5 Å². The maximum atomic E-state index is 12.9. The van der Waals surface area contributed by atoms with Crippen molar-refractivity contribution in [3.05, 3.63) is 82.0 Å². The summed E-state index contributed by atoms with van der Waals surface area (Å²) in [4.78, 5) is 17.2. The molecule has 0 spiro atoms. The van der Waals surface area contributed by atoms with Gasteiger partial charge in [-0.3, -0.25) is 4.79 Å². The molecule has 134 valence electrons. The summed E-state index contributed by atoms with van der Waals surface area (Å²) in [6.07, 6.45) is 1.01. The molecule has 0 fully saturated rings. The minimum absolute atomic E-state index is 0.0178. The molecule has 3 nitrogen and oxygen atoms in total. The van der Waals surface area contributed by atoms with Crippen LogP contribution in [0.2, 0.25) is 0 Å². The Morgan fingerprint density at radius 1 is 0.962 bits per heavy atom. The van der Waals surface area contributed by atoms with Crippen LogP contribution < -0.4 is 9.64 Å². The summed E-state index contributed by atoms with van der Waals surface area (Å²) in [6, 6.07) is 21.7. The fraction of sp³-hybridized carbons (Fsp3) is 0.227. The van der Waals surface area contributed by atoms with Gasteiger partial charge in [0.05, 0.1) is 6.54 Å². The maximum absolute atomic E-state index is 12.9. The number of thiophene rings is 1. The predicted molar refractivity (Wildman–Crippen MR) is 108 cm³/mol. The van der Waals surface area contributed by atoms with Crippen molar-refractivity contribution in [2.24, 2.45) is 0 Å². The lowest BCUT2D eigenvalue weighted by Gasteiger charge is -2.22. The van der Waals surface area contributed by atoms with E-state index in [2.05, 4.69) is 19.1 Å². The third-order valence-electron chi connectivity index (χ3n) is 4.13. The second-order valence-electron chi connectivity index (χ2n) is 6.14. The molecule has 0 N–H and O–H groups in total. The molecule has 0 atom stereocenters. The lowest BCUT2D eigenvalue weighted by molar-refractivity contribution is -0.120. The highest BCUT2D eigenvalue weighted by Gasteiger charge is 2.17. The first-order chi connectivity index (χ1) is 12.7. The van der Waals surface area contributed by atoms with Crippen LogP contribution in [0.15, 0.2) is 66.7 Å². The highest BCUT2D eigenvalue weighted by Crippen LogP contribution is 2.23. The zero-order valence-electron chi connectivity index (χ0n) is 15.1. The molecular formula is C22H23NO2S. The van der Waals surface area contributed by atoms with E-state index in [1.807, 2.05) is 61.5 Å². The van der Waals surface area contributed by atoms with Crippen LogP contribution in [0, 0.1) is 6.92 Å². The van der Waals surface area contributed by atoms with Crippen LogP contribution in [0.3, 0.4) is 0 Å². The Bertz CT molecular complexity index is 840. The molecule has 4 heteroatoms. The van der Waals surface area contributed by atoms with Crippen LogP contribution >= 0.6 is 11.3 Å². The molecule has 0 saturated heterocycles. The molecule has 1 aromatic heterocycles. The van der Waals surface area contributed by atoms with Crippen molar-refractivity contribution in [3.8, 4) is 5.75 Å². The minimum Gasteiger partial charge on any atom is -0.484 e. The Labute approximate surface area is 158 Å². The number of hydrogen-bond acceptors (Lipinski definition) is 3. The highest BCUT2D eigenvalue weighted by molar-refractivity contribution is 7.12. The number of carbonyl (C=O) groups is 1. The van der Waals surface area contributed by atoms with Gasteiger partial charge >= 0.3 is 0 Å². The van der Waals surface area contributed by atoms with Gasteiger partial charge in [0.2, 0.25) is 0 Å². The third kappa shape index (κ3) is 4.73. The average Bonchev–Trinajstić information content (AvgIpc) is 3.14. The minimum atomic E-state index is -0.0526. The lowest BCUT2D eigenvalue weighted by Crippen LogP contribution is -2.34. The largest absolute Gasteiger partial charge is 0.484 e. The highest BCUT2D eigenvalue weighted by atomic mass is 32.1. The van der Waals surface area contributed by atoms with E-state index >= 15 is 0 Å². The van der Waals surface area contributed by atoms with Gasteiger partial charge in [0, 0.05) is 15.4 Å². The van der Waals surface area contributed by atoms with Gasteiger partial charge in [-0.05, 0) is 49.7 Å². The van der Waals surface area contributed by atoms with Crippen molar-refractivity contribution in [2.75, 3.05) is 11.5 Å². The van der Waals surface area contributed by atoms with Gasteiger partial charge in [0.25, 0.3) is 5.91 Å². The van der Waals surface area contributed by atoms with E-state index in [0.717, 1.165) is 12.1 Å². The zero-order valence-corrected chi connectivity index (χ0v) is 16.0. The van der Waals surface area contributed by atoms with Gasteiger partial charge in [-0.1, -0.05) is 42.8 Å². The Morgan fingerprint density at radius 2 is 1.65 bits per heavy atom.